The van der Waals surface area contributed by atoms with Crippen molar-refractivity contribution in [3.05, 3.63) is 34.9 Å². The maximum Gasteiger partial charge on any atom is 0.340 e. The van der Waals surface area contributed by atoms with Gasteiger partial charge in [-0.1, -0.05) is 18.2 Å². The highest BCUT2D eigenvalue weighted by molar-refractivity contribution is 5.79. The molecule has 0 saturated heterocycles. The van der Waals surface area contributed by atoms with Crippen molar-refractivity contribution in [2.24, 2.45) is 0 Å². The number of ether oxygens (including phenoxy) is 1. The van der Waals surface area contributed by atoms with E-state index in [2.05, 4.69) is 0 Å². The first-order chi connectivity index (χ1) is 8.08. The van der Waals surface area contributed by atoms with Gasteiger partial charge in [0.25, 0.3) is 0 Å². The number of aliphatic carboxylic acids is 1. The van der Waals surface area contributed by atoms with Crippen molar-refractivity contribution in [3.8, 4) is 0 Å². The summed E-state index contributed by atoms with van der Waals surface area (Å²) >= 11 is 0. The van der Waals surface area contributed by atoms with Crippen LogP contribution in [0.3, 0.4) is 0 Å². The lowest BCUT2D eigenvalue weighted by molar-refractivity contribution is -0.164. The number of aryl methyl sites for hydroxylation is 2. The summed E-state index contributed by atoms with van der Waals surface area (Å²) in [7, 11) is 0. The smallest absolute Gasteiger partial charge is 0.340 e. The van der Waals surface area contributed by atoms with Crippen molar-refractivity contribution >= 4 is 5.97 Å². The zero-order valence-electron chi connectivity index (χ0n) is 10.3. The predicted octanol–water partition coefficient (Wildman–Crippen LogP) is 2.51. The molecule has 0 radical (unpaired) electrons. The Kier molecular flexibility index (Phi) is 3.20. The van der Waals surface area contributed by atoms with Gasteiger partial charge in [-0.2, -0.15) is 0 Å². The van der Waals surface area contributed by atoms with Crippen LogP contribution in [0.2, 0.25) is 0 Å². The molecule has 1 aromatic rings. The molecule has 92 valence electrons. The summed E-state index contributed by atoms with van der Waals surface area (Å²) in [6.07, 6.45) is 3.32. The highest BCUT2D eigenvalue weighted by Gasteiger charge is 2.36. The monoisotopic (exact) mass is 234 g/mol. The third-order valence-corrected chi connectivity index (χ3v) is 3.49. The van der Waals surface area contributed by atoms with E-state index in [0.717, 1.165) is 24.8 Å². The predicted molar refractivity (Wildman–Crippen MR) is 65.1 cm³/mol. The minimum atomic E-state index is -1.23. The SMILES string of the molecule is CCOC(C)(C(=O)O)c1ccc2c(c1)CCC2. The molecule has 0 fully saturated rings. The summed E-state index contributed by atoms with van der Waals surface area (Å²) in [5.74, 6) is -0.933. The molecule has 0 bridgehead atoms. The number of carbonyl (C=O) groups is 1. The van der Waals surface area contributed by atoms with Crippen molar-refractivity contribution < 1.29 is 14.6 Å². The van der Waals surface area contributed by atoms with Gasteiger partial charge in [-0.15, -0.1) is 0 Å². The fraction of sp³-hybridized carbons (Fsp3) is 0.500. The van der Waals surface area contributed by atoms with E-state index >= 15 is 0 Å². The van der Waals surface area contributed by atoms with Crippen LogP contribution < -0.4 is 0 Å². The molecule has 0 aromatic heterocycles. The van der Waals surface area contributed by atoms with Crippen molar-refractivity contribution in [2.45, 2.75) is 38.7 Å². The van der Waals surface area contributed by atoms with Crippen LogP contribution in [0.5, 0.6) is 0 Å². The summed E-state index contributed by atoms with van der Waals surface area (Å²) in [5, 5.41) is 9.34. The number of hydrogen-bond acceptors (Lipinski definition) is 2. The standard InChI is InChI=1S/C14H18O3/c1-3-17-14(2,13(15)16)12-8-7-10-5-4-6-11(10)9-12/h7-9H,3-6H2,1-2H3,(H,15,16). The summed E-state index contributed by atoms with van der Waals surface area (Å²) in [6, 6.07) is 5.91. The summed E-state index contributed by atoms with van der Waals surface area (Å²) in [5.41, 5.74) is 2.13. The molecule has 0 spiro atoms. The molecular weight excluding hydrogens is 216 g/mol. The fourth-order valence-electron chi connectivity index (χ4n) is 2.43. The Morgan fingerprint density at radius 1 is 1.41 bits per heavy atom. The third kappa shape index (κ3) is 2.07. The first-order valence-corrected chi connectivity index (χ1v) is 6.07. The minimum Gasteiger partial charge on any atom is -0.479 e. The highest BCUT2D eigenvalue weighted by Crippen LogP contribution is 2.30. The Labute approximate surface area is 101 Å². The maximum absolute atomic E-state index is 11.4. The molecule has 1 unspecified atom stereocenters. The molecule has 17 heavy (non-hydrogen) atoms. The second kappa shape index (κ2) is 4.49. The van der Waals surface area contributed by atoms with Crippen molar-refractivity contribution in [1.82, 2.24) is 0 Å². The molecule has 3 heteroatoms. The lowest BCUT2D eigenvalue weighted by atomic mass is 9.93. The lowest BCUT2D eigenvalue weighted by Crippen LogP contribution is -2.35. The first-order valence-electron chi connectivity index (χ1n) is 6.07. The molecule has 0 heterocycles. The largest absolute Gasteiger partial charge is 0.479 e. The summed E-state index contributed by atoms with van der Waals surface area (Å²) in [6.45, 7) is 3.82. The van der Waals surface area contributed by atoms with Gasteiger partial charge in [0.2, 0.25) is 0 Å². The van der Waals surface area contributed by atoms with Crippen molar-refractivity contribution in [1.29, 1.82) is 0 Å². The molecule has 2 rings (SSSR count). The molecule has 0 saturated carbocycles. The Morgan fingerprint density at radius 3 is 2.76 bits per heavy atom. The summed E-state index contributed by atoms with van der Waals surface area (Å²) < 4.78 is 5.44. The van der Waals surface area contributed by atoms with E-state index in [1.54, 1.807) is 6.92 Å². The number of rotatable bonds is 4. The van der Waals surface area contributed by atoms with Crippen molar-refractivity contribution in [3.63, 3.8) is 0 Å². The van der Waals surface area contributed by atoms with Gasteiger partial charge in [0.15, 0.2) is 5.60 Å². The van der Waals surface area contributed by atoms with E-state index in [0.29, 0.717) is 6.61 Å². The van der Waals surface area contributed by atoms with Crippen LogP contribution in [0.4, 0.5) is 0 Å². The Morgan fingerprint density at radius 2 is 2.12 bits per heavy atom. The van der Waals surface area contributed by atoms with Gasteiger partial charge in [-0.25, -0.2) is 4.79 Å². The van der Waals surface area contributed by atoms with Crippen LogP contribution in [0.25, 0.3) is 0 Å². The van der Waals surface area contributed by atoms with E-state index in [1.165, 1.54) is 11.1 Å². The normalized spacial score (nSPS) is 17.5. The van der Waals surface area contributed by atoms with Crippen LogP contribution in [0, 0.1) is 0 Å². The van der Waals surface area contributed by atoms with E-state index in [9.17, 15) is 9.90 Å². The second-order valence-corrected chi connectivity index (χ2v) is 4.61. The van der Waals surface area contributed by atoms with Gasteiger partial charge < -0.3 is 9.84 Å². The van der Waals surface area contributed by atoms with Crippen molar-refractivity contribution in [2.75, 3.05) is 6.61 Å². The second-order valence-electron chi connectivity index (χ2n) is 4.61. The van der Waals surface area contributed by atoms with Crippen LogP contribution in [-0.4, -0.2) is 17.7 Å². The molecule has 1 aliphatic carbocycles. The maximum atomic E-state index is 11.4. The van der Waals surface area contributed by atoms with Gasteiger partial charge in [-0.3, -0.25) is 0 Å². The number of hydrogen-bond donors (Lipinski definition) is 1. The molecule has 0 aliphatic heterocycles. The van der Waals surface area contributed by atoms with Crippen LogP contribution >= 0.6 is 0 Å². The zero-order chi connectivity index (χ0) is 12.5. The van der Waals surface area contributed by atoms with Gasteiger partial charge >= 0.3 is 5.97 Å². The van der Waals surface area contributed by atoms with Crippen LogP contribution in [0.15, 0.2) is 18.2 Å². The van der Waals surface area contributed by atoms with E-state index in [4.69, 9.17) is 4.74 Å². The number of benzene rings is 1. The van der Waals surface area contributed by atoms with Gasteiger partial charge in [0.05, 0.1) is 0 Å². The average molecular weight is 234 g/mol. The van der Waals surface area contributed by atoms with Crippen LogP contribution in [0.1, 0.15) is 37.0 Å². The minimum absolute atomic E-state index is 0.389. The quantitative estimate of drug-likeness (QED) is 0.870. The lowest BCUT2D eigenvalue weighted by Gasteiger charge is -2.25. The topological polar surface area (TPSA) is 46.5 Å². The van der Waals surface area contributed by atoms with E-state index in [-0.39, 0.29) is 0 Å². The first kappa shape index (κ1) is 12.1. The molecule has 1 aliphatic rings. The molecule has 1 N–H and O–H groups in total. The molecule has 1 atom stereocenters. The Balaban J connectivity index is 2.40. The van der Waals surface area contributed by atoms with Gasteiger partial charge in [0.1, 0.15) is 0 Å². The molecular formula is C14H18O3. The number of carboxylic acids is 1. The average Bonchev–Trinajstić information content (AvgIpc) is 2.75. The zero-order valence-corrected chi connectivity index (χ0v) is 10.3. The molecule has 3 nitrogen and oxygen atoms in total. The molecule has 1 aromatic carbocycles. The van der Waals surface area contributed by atoms with Crippen LogP contribution in [-0.2, 0) is 28.0 Å². The third-order valence-electron chi connectivity index (χ3n) is 3.49. The van der Waals surface area contributed by atoms with E-state index in [1.807, 2.05) is 25.1 Å². The Bertz CT molecular complexity index is 439. The fourth-order valence-corrected chi connectivity index (χ4v) is 2.43. The van der Waals surface area contributed by atoms with Gasteiger partial charge in [0, 0.05) is 6.61 Å². The Hall–Kier alpha value is -1.35. The summed E-state index contributed by atoms with van der Waals surface area (Å²) in [4.78, 5) is 11.4. The van der Waals surface area contributed by atoms with E-state index < -0.39 is 11.6 Å². The number of fused-ring (bicyclic) bond motifs is 1. The van der Waals surface area contributed by atoms with Gasteiger partial charge in [-0.05, 0) is 49.8 Å². The molecule has 0 amide bonds. The number of carboxylic acid groups (broad SMARTS) is 1. The highest BCUT2D eigenvalue weighted by atomic mass is 16.5.